The van der Waals surface area contributed by atoms with Crippen LogP contribution in [0.4, 0.5) is 0 Å². The van der Waals surface area contributed by atoms with E-state index in [0.29, 0.717) is 10.6 Å². The molecule has 0 unspecified atom stereocenters. The number of halogens is 1. The van der Waals surface area contributed by atoms with Crippen LogP contribution in [0, 0.1) is 13.8 Å². The van der Waals surface area contributed by atoms with Crippen LogP contribution in [0.5, 0.6) is 0 Å². The van der Waals surface area contributed by atoms with E-state index in [1.807, 2.05) is 32.0 Å². The minimum Gasteiger partial charge on any atom is -0.481 e. The molecule has 0 atom stereocenters. The fourth-order valence-corrected chi connectivity index (χ4v) is 2.00. The maximum Gasteiger partial charge on any atom is 0.307 e. The summed E-state index contributed by atoms with van der Waals surface area (Å²) in [5.74, 6) is -0.861. The maximum atomic E-state index is 10.7. The van der Waals surface area contributed by atoms with Crippen molar-refractivity contribution in [2.75, 3.05) is 0 Å². The Morgan fingerprint density at radius 3 is 2.83 bits per heavy atom. The van der Waals surface area contributed by atoms with Gasteiger partial charge in [-0.05, 0) is 31.5 Å². The summed E-state index contributed by atoms with van der Waals surface area (Å²) < 4.78 is 1.72. The number of hydrogen-bond donors (Lipinski definition) is 1. The Balaban J connectivity index is 2.48. The van der Waals surface area contributed by atoms with Crippen molar-refractivity contribution in [1.29, 1.82) is 0 Å². The number of carbonyl (C=O) groups is 1. The predicted molar refractivity (Wildman–Crippen MR) is 69.4 cm³/mol. The molecule has 0 saturated heterocycles. The zero-order valence-electron chi connectivity index (χ0n) is 10.1. The first kappa shape index (κ1) is 12.6. The van der Waals surface area contributed by atoms with E-state index in [1.54, 1.807) is 10.9 Å². The van der Waals surface area contributed by atoms with Gasteiger partial charge in [0.25, 0.3) is 0 Å². The summed E-state index contributed by atoms with van der Waals surface area (Å²) in [6.45, 7) is 3.81. The Labute approximate surface area is 110 Å². The lowest BCUT2D eigenvalue weighted by Gasteiger charge is -2.09. The fraction of sp³-hybridized carbons (Fsp3) is 0.231. The summed E-state index contributed by atoms with van der Waals surface area (Å²) >= 11 is 5.97. The Morgan fingerprint density at radius 2 is 2.17 bits per heavy atom. The van der Waals surface area contributed by atoms with Crippen LogP contribution in [0.3, 0.4) is 0 Å². The number of aliphatic carboxylic acids is 1. The van der Waals surface area contributed by atoms with E-state index < -0.39 is 5.97 Å². The van der Waals surface area contributed by atoms with E-state index in [0.717, 1.165) is 16.9 Å². The van der Waals surface area contributed by atoms with E-state index in [9.17, 15) is 4.79 Å². The van der Waals surface area contributed by atoms with Crippen molar-refractivity contribution in [3.8, 4) is 5.69 Å². The van der Waals surface area contributed by atoms with Crippen molar-refractivity contribution in [2.24, 2.45) is 0 Å². The van der Waals surface area contributed by atoms with Crippen LogP contribution in [0.2, 0.25) is 5.02 Å². The van der Waals surface area contributed by atoms with Crippen molar-refractivity contribution in [3.63, 3.8) is 0 Å². The third-order valence-electron chi connectivity index (χ3n) is 2.85. The molecule has 0 bridgehead atoms. The molecule has 2 rings (SSSR count). The molecule has 18 heavy (non-hydrogen) atoms. The second-order valence-electron chi connectivity index (χ2n) is 4.17. The van der Waals surface area contributed by atoms with E-state index >= 15 is 0 Å². The van der Waals surface area contributed by atoms with Gasteiger partial charge in [0.1, 0.15) is 0 Å². The molecular weight excluding hydrogens is 252 g/mol. The van der Waals surface area contributed by atoms with Crippen molar-refractivity contribution >= 4 is 17.6 Å². The topological polar surface area (TPSA) is 55.1 Å². The quantitative estimate of drug-likeness (QED) is 0.927. The Morgan fingerprint density at radius 1 is 1.44 bits per heavy atom. The van der Waals surface area contributed by atoms with Gasteiger partial charge < -0.3 is 5.11 Å². The smallest absolute Gasteiger partial charge is 0.307 e. The Kier molecular flexibility index (Phi) is 3.39. The highest BCUT2D eigenvalue weighted by molar-refractivity contribution is 6.30. The number of benzene rings is 1. The second-order valence-corrected chi connectivity index (χ2v) is 4.60. The van der Waals surface area contributed by atoms with Crippen LogP contribution < -0.4 is 0 Å². The number of nitrogens with zero attached hydrogens (tertiary/aromatic N) is 2. The first-order chi connectivity index (χ1) is 8.49. The summed E-state index contributed by atoms with van der Waals surface area (Å²) in [6, 6.07) is 5.55. The molecule has 1 aromatic heterocycles. The van der Waals surface area contributed by atoms with Gasteiger partial charge in [-0.25, -0.2) is 4.68 Å². The molecule has 0 saturated carbocycles. The molecule has 4 nitrogen and oxygen atoms in total. The number of rotatable bonds is 3. The Bertz CT molecular complexity index is 605. The highest BCUT2D eigenvalue weighted by Gasteiger charge is 2.12. The second kappa shape index (κ2) is 4.82. The summed E-state index contributed by atoms with van der Waals surface area (Å²) in [7, 11) is 0. The minimum atomic E-state index is -0.861. The molecule has 0 radical (unpaired) electrons. The van der Waals surface area contributed by atoms with Gasteiger partial charge in [-0.3, -0.25) is 4.79 Å². The van der Waals surface area contributed by atoms with Gasteiger partial charge in [0.15, 0.2) is 0 Å². The lowest BCUT2D eigenvalue weighted by Crippen LogP contribution is -2.04. The lowest BCUT2D eigenvalue weighted by atomic mass is 10.1. The van der Waals surface area contributed by atoms with Crippen LogP contribution in [0.15, 0.2) is 24.4 Å². The molecule has 0 aliphatic carbocycles. The number of carboxylic acid groups (broad SMARTS) is 1. The monoisotopic (exact) mass is 264 g/mol. The Hall–Kier alpha value is -1.81. The van der Waals surface area contributed by atoms with Gasteiger partial charge >= 0.3 is 5.97 Å². The standard InChI is InChI=1S/C13H13ClN2O2/c1-8-3-4-11(14)6-12(8)16-9(2)10(7-15-16)5-13(17)18/h3-4,6-7H,5H2,1-2H3,(H,17,18). The molecule has 1 heterocycles. The number of aryl methyl sites for hydroxylation is 1. The average Bonchev–Trinajstić information content (AvgIpc) is 2.64. The molecule has 0 fully saturated rings. The predicted octanol–water partition coefficient (Wildman–Crippen LogP) is 2.77. The zero-order chi connectivity index (χ0) is 13.3. The van der Waals surface area contributed by atoms with Gasteiger partial charge in [-0.15, -0.1) is 0 Å². The number of hydrogen-bond acceptors (Lipinski definition) is 2. The molecule has 0 amide bonds. The molecule has 1 N–H and O–H groups in total. The fourth-order valence-electron chi connectivity index (χ4n) is 1.83. The lowest BCUT2D eigenvalue weighted by molar-refractivity contribution is -0.136. The SMILES string of the molecule is Cc1ccc(Cl)cc1-n1ncc(CC(=O)O)c1C. The summed E-state index contributed by atoms with van der Waals surface area (Å²) in [5.41, 5.74) is 3.44. The van der Waals surface area contributed by atoms with Crippen LogP contribution in [-0.2, 0) is 11.2 Å². The molecule has 0 aliphatic rings. The third-order valence-corrected chi connectivity index (χ3v) is 3.09. The zero-order valence-corrected chi connectivity index (χ0v) is 10.9. The van der Waals surface area contributed by atoms with E-state index in [1.165, 1.54) is 0 Å². The minimum absolute atomic E-state index is 0.0224. The van der Waals surface area contributed by atoms with Crippen molar-refractivity contribution < 1.29 is 9.90 Å². The first-order valence-electron chi connectivity index (χ1n) is 5.51. The van der Waals surface area contributed by atoms with Crippen LogP contribution in [-0.4, -0.2) is 20.9 Å². The average molecular weight is 265 g/mol. The van der Waals surface area contributed by atoms with E-state index in [2.05, 4.69) is 5.10 Å². The van der Waals surface area contributed by atoms with Gasteiger partial charge in [0, 0.05) is 16.3 Å². The van der Waals surface area contributed by atoms with Crippen molar-refractivity contribution in [1.82, 2.24) is 9.78 Å². The normalized spacial score (nSPS) is 10.6. The van der Waals surface area contributed by atoms with E-state index in [4.69, 9.17) is 16.7 Å². The summed E-state index contributed by atoms with van der Waals surface area (Å²) in [6.07, 6.45) is 1.56. The maximum absolute atomic E-state index is 10.7. The van der Waals surface area contributed by atoms with Crippen LogP contribution in [0.25, 0.3) is 5.69 Å². The van der Waals surface area contributed by atoms with Gasteiger partial charge in [0.2, 0.25) is 0 Å². The summed E-state index contributed by atoms with van der Waals surface area (Å²) in [4.78, 5) is 10.7. The molecular formula is C13H13ClN2O2. The van der Waals surface area contributed by atoms with Crippen molar-refractivity contribution in [3.05, 3.63) is 46.2 Å². The van der Waals surface area contributed by atoms with Gasteiger partial charge in [0.05, 0.1) is 18.3 Å². The third kappa shape index (κ3) is 2.38. The summed E-state index contributed by atoms with van der Waals surface area (Å²) in [5, 5.41) is 13.7. The van der Waals surface area contributed by atoms with Gasteiger partial charge in [-0.2, -0.15) is 5.10 Å². The molecule has 0 spiro atoms. The number of carboxylic acids is 1. The molecule has 94 valence electrons. The van der Waals surface area contributed by atoms with Crippen molar-refractivity contribution in [2.45, 2.75) is 20.3 Å². The molecule has 2 aromatic rings. The van der Waals surface area contributed by atoms with Crippen LogP contribution >= 0.6 is 11.6 Å². The molecule has 0 aliphatic heterocycles. The van der Waals surface area contributed by atoms with E-state index in [-0.39, 0.29) is 6.42 Å². The first-order valence-corrected chi connectivity index (χ1v) is 5.88. The van der Waals surface area contributed by atoms with Gasteiger partial charge in [-0.1, -0.05) is 17.7 Å². The van der Waals surface area contributed by atoms with Crippen LogP contribution in [0.1, 0.15) is 16.8 Å². The highest BCUT2D eigenvalue weighted by Crippen LogP contribution is 2.21. The largest absolute Gasteiger partial charge is 0.481 e. The molecule has 5 heteroatoms. The molecule has 1 aromatic carbocycles. The number of aromatic nitrogens is 2. The highest BCUT2D eigenvalue weighted by atomic mass is 35.5.